The van der Waals surface area contributed by atoms with E-state index in [1.807, 2.05) is 47.3 Å². The van der Waals surface area contributed by atoms with Gasteiger partial charge in [-0.05, 0) is 49.3 Å². The Morgan fingerprint density at radius 2 is 1.11 bits per heavy atom. The Balaban J connectivity index is 2.19. The molecule has 3 rings (SSSR count). The molecule has 0 aliphatic heterocycles. The molecule has 0 bridgehead atoms. The Morgan fingerprint density at radius 3 is 1.43 bits per heavy atom. The van der Waals surface area contributed by atoms with E-state index in [-0.39, 0.29) is 22.6 Å². The smallest absolute Gasteiger partial charge is 0.178 e. The molecule has 9 heteroatoms. The highest BCUT2D eigenvalue weighted by Gasteiger charge is 2.24. The van der Waals surface area contributed by atoms with Crippen LogP contribution in [-0.2, 0) is 13.1 Å². The van der Waals surface area contributed by atoms with Crippen LogP contribution >= 0.6 is 11.3 Å². The Bertz CT molecular complexity index is 1350. The van der Waals surface area contributed by atoms with E-state index in [9.17, 15) is 10.2 Å². The van der Waals surface area contributed by atoms with Crippen molar-refractivity contribution in [1.82, 2.24) is 9.13 Å². The van der Waals surface area contributed by atoms with E-state index in [0.29, 0.717) is 45.6 Å². The summed E-state index contributed by atoms with van der Waals surface area (Å²) in [6.45, 7) is 5.15. The van der Waals surface area contributed by atoms with E-state index in [4.69, 9.17) is 21.0 Å². The Morgan fingerprint density at radius 1 is 0.743 bits per heavy atom. The van der Waals surface area contributed by atoms with Gasteiger partial charge in [0.05, 0.1) is 21.1 Å². The lowest BCUT2D eigenvalue weighted by atomic mass is 10.2. The zero-order chi connectivity index (χ0) is 25.5. The summed E-state index contributed by atoms with van der Waals surface area (Å²) in [6, 6.07) is 14.5. The van der Waals surface area contributed by atoms with E-state index in [1.165, 1.54) is 23.5 Å². The summed E-state index contributed by atoms with van der Waals surface area (Å²) in [6.07, 6.45) is 4.54. The molecule has 0 saturated carbocycles. The van der Waals surface area contributed by atoms with Crippen molar-refractivity contribution in [2.45, 2.75) is 39.8 Å². The van der Waals surface area contributed by atoms with Gasteiger partial charge in [0.1, 0.15) is 35.4 Å². The van der Waals surface area contributed by atoms with Gasteiger partial charge in [-0.15, -0.1) is 11.3 Å². The molecular weight excluding hydrogens is 460 g/mol. The molecule has 0 amide bonds. The molecule has 0 fully saturated rings. The van der Waals surface area contributed by atoms with Gasteiger partial charge in [0.15, 0.2) is 11.5 Å². The number of nitriles is 4. The van der Waals surface area contributed by atoms with Crippen LogP contribution in [0.4, 0.5) is 0 Å². The van der Waals surface area contributed by atoms with Crippen molar-refractivity contribution >= 4 is 23.5 Å². The lowest BCUT2D eigenvalue weighted by Crippen LogP contribution is -2.01. The van der Waals surface area contributed by atoms with Gasteiger partial charge in [0.25, 0.3) is 0 Å². The van der Waals surface area contributed by atoms with Gasteiger partial charge in [-0.1, -0.05) is 13.8 Å². The highest BCUT2D eigenvalue weighted by molar-refractivity contribution is 7.19. The summed E-state index contributed by atoms with van der Waals surface area (Å²) < 4.78 is 3.80. The van der Waals surface area contributed by atoms with Crippen molar-refractivity contribution in [2.24, 2.45) is 0 Å². The quantitative estimate of drug-likeness (QED) is 0.389. The van der Waals surface area contributed by atoms with Crippen LogP contribution in [0.1, 0.15) is 38.1 Å². The maximum Gasteiger partial charge on any atom is 0.178 e. The standard InChI is InChI=1S/C26H22N6O2S/c1-3-9-31-19(11-17(13-27)14-28)5-7-21(31)25-23(33)24(34)26(35-25)22-8-6-20(32(22)10-4-2)12-18(15-29)16-30/h5-8,11-12,33-34H,3-4,9-10H2,1-2H3. The van der Waals surface area contributed by atoms with Gasteiger partial charge in [0, 0.05) is 24.5 Å². The third-order valence-electron chi connectivity index (χ3n) is 5.31. The Hall–Kier alpha value is -4.70. The third kappa shape index (κ3) is 4.82. The van der Waals surface area contributed by atoms with E-state index in [1.54, 1.807) is 24.3 Å². The monoisotopic (exact) mass is 482 g/mol. The number of aromatic nitrogens is 2. The van der Waals surface area contributed by atoms with Crippen LogP contribution in [0.15, 0.2) is 35.4 Å². The first-order chi connectivity index (χ1) is 16.9. The fourth-order valence-corrected chi connectivity index (χ4v) is 4.95. The third-order valence-corrected chi connectivity index (χ3v) is 6.53. The van der Waals surface area contributed by atoms with Crippen LogP contribution in [0.3, 0.4) is 0 Å². The van der Waals surface area contributed by atoms with Gasteiger partial charge >= 0.3 is 0 Å². The van der Waals surface area contributed by atoms with Crippen LogP contribution in [0.25, 0.3) is 33.3 Å². The SMILES string of the molecule is CCCn1c(C=C(C#N)C#N)ccc1-c1sc(-c2ccc(C=C(C#N)C#N)n2CCC)c(O)c1O. The van der Waals surface area contributed by atoms with Crippen molar-refractivity contribution in [3.8, 4) is 56.9 Å². The molecule has 0 aliphatic carbocycles. The zero-order valence-electron chi connectivity index (χ0n) is 19.3. The summed E-state index contributed by atoms with van der Waals surface area (Å²) in [5, 5.41) is 58.3. The summed E-state index contributed by atoms with van der Waals surface area (Å²) in [4.78, 5) is 0.911. The second-order valence-electron chi connectivity index (χ2n) is 7.61. The Labute approximate surface area is 207 Å². The van der Waals surface area contributed by atoms with Gasteiger partial charge in [0.2, 0.25) is 0 Å². The molecular formula is C26H22N6O2S. The van der Waals surface area contributed by atoms with Crippen molar-refractivity contribution in [1.29, 1.82) is 21.0 Å². The number of allylic oxidation sites excluding steroid dienone is 2. The highest BCUT2D eigenvalue weighted by atomic mass is 32.1. The molecule has 8 nitrogen and oxygen atoms in total. The number of hydrogen-bond acceptors (Lipinski definition) is 7. The minimum absolute atomic E-state index is 0.0296. The van der Waals surface area contributed by atoms with E-state index in [0.717, 1.165) is 12.8 Å². The van der Waals surface area contributed by atoms with E-state index >= 15 is 0 Å². The maximum atomic E-state index is 10.9. The first kappa shape index (κ1) is 24.9. The second kappa shape index (κ2) is 10.9. The summed E-state index contributed by atoms with van der Waals surface area (Å²) in [5.41, 5.74) is 2.55. The minimum Gasteiger partial charge on any atom is -0.503 e. The number of nitrogens with zero attached hydrogens (tertiary/aromatic N) is 6. The largest absolute Gasteiger partial charge is 0.503 e. The maximum absolute atomic E-state index is 10.9. The number of thiophene rings is 1. The average molecular weight is 483 g/mol. The molecule has 0 atom stereocenters. The molecule has 3 aromatic rings. The van der Waals surface area contributed by atoms with Gasteiger partial charge in [-0.2, -0.15) is 21.0 Å². The predicted molar refractivity (Wildman–Crippen MR) is 133 cm³/mol. The molecule has 35 heavy (non-hydrogen) atoms. The summed E-state index contributed by atoms with van der Waals surface area (Å²) in [5.74, 6) is -0.513. The van der Waals surface area contributed by atoms with Gasteiger partial charge < -0.3 is 19.3 Å². The molecule has 0 unspecified atom stereocenters. The molecule has 3 aromatic heterocycles. The molecule has 0 spiro atoms. The van der Waals surface area contributed by atoms with Crippen LogP contribution < -0.4 is 0 Å². The Kier molecular flexibility index (Phi) is 7.80. The lowest BCUT2D eigenvalue weighted by Gasteiger charge is -2.10. The van der Waals surface area contributed by atoms with E-state index in [2.05, 4.69) is 0 Å². The molecule has 0 aromatic carbocycles. The number of rotatable bonds is 8. The van der Waals surface area contributed by atoms with Crippen molar-refractivity contribution in [2.75, 3.05) is 0 Å². The average Bonchev–Trinajstić information content (AvgIpc) is 3.53. The lowest BCUT2D eigenvalue weighted by molar-refractivity contribution is 0.409. The summed E-state index contributed by atoms with van der Waals surface area (Å²) >= 11 is 1.22. The van der Waals surface area contributed by atoms with E-state index < -0.39 is 0 Å². The first-order valence-electron chi connectivity index (χ1n) is 10.9. The van der Waals surface area contributed by atoms with Crippen molar-refractivity contribution < 1.29 is 10.2 Å². The van der Waals surface area contributed by atoms with Crippen LogP contribution in [0, 0.1) is 45.3 Å². The van der Waals surface area contributed by atoms with Crippen molar-refractivity contribution in [3.63, 3.8) is 0 Å². The van der Waals surface area contributed by atoms with Gasteiger partial charge in [-0.25, -0.2) is 0 Å². The van der Waals surface area contributed by atoms with Crippen molar-refractivity contribution in [3.05, 3.63) is 46.8 Å². The first-order valence-corrected chi connectivity index (χ1v) is 11.7. The molecule has 174 valence electrons. The molecule has 3 heterocycles. The van der Waals surface area contributed by atoms with Crippen LogP contribution in [0.5, 0.6) is 11.5 Å². The molecule has 2 N–H and O–H groups in total. The zero-order valence-corrected chi connectivity index (χ0v) is 20.1. The van der Waals surface area contributed by atoms with Gasteiger partial charge in [-0.3, -0.25) is 0 Å². The highest BCUT2D eigenvalue weighted by Crippen LogP contribution is 2.51. The summed E-state index contributed by atoms with van der Waals surface area (Å²) in [7, 11) is 0. The predicted octanol–water partition coefficient (Wildman–Crippen LogP) is 5.78. The number of aromatic hydroxyl groups is 2. The van der Waals surface area contributed by atoms with Crippen LogP contribution in [-0.4, -0.2) is 19.3 Å². The fourth-order valence-electron chi connectivity index (χ4n) is 3.80. The topological polar surface area (TPSA) is 145 Å². The molecule has 0 saturated heterocycles. The molecule has 0 aliphatic rings. The minimum atomic E-state index is -0.257. The number of hydrogen-bond donors (Lipinski definition) is 2. The van der Waals surface area contributed by atoms with Crippen LogP contribution in [0.2, 0.25) is 0 Å². The second-order valence-corrected chi connectivity index (χ2v) is 8.63. The fraction of sp³-hybridized carbons (Fsp3) is 0.231. The molecule has 0 radical (unpaired) electrons. The normalized spacial score (nSPS) is 10.0.